The quantitative estimate of drug-likeness (QED) is 0.317. The van der Waals surface area contributed by atoms with E-state index in [1.165, 1.54) is 0 Å². The first-order valence-electron chi connectivity index (χ1n) is 15.2. The molecule has 3 aromatic rings. The molecule has 0 aliphatic heterocycles. The summed E-state index contributed by atoms with van der Waals surface area (Å²) in [6.45, 7) is 8.01. The van der Waals surface area contributed by atoms with Gasteiger partial charge in [-0.2, -0.15) is 0 Å². The molecule has 0 radical (unpaired) electrons. The molecule has 0 bridgehead atoms. The van der Waals surface area contributed by atoms with Crippen LogP contribution in [-0.2, 0) is 26.9 Å². The molecule has 43 heavy (non-hydrogen) atoms. The van der Waals surface area contributed by atoms with Crippen molar-refractivity contribution in [2.75, 3.05) is 11.4 Å². The molecule has 0 saturated heterocycles. The molecule has 1 heterocycles. The van der Waals surface area contributed by atoms with Crippen molar-refractivity contribution in [3.05, 3.63) is 86.3 Å². The smallest absolute Gasteiger partial charge is 0.253 e. The van der Waals surface area contributed by atoms with Gasteiger partial charge in [0.05, 0.1) is 11.0 Å². The lowest BCUT2D eigenvalue weighted by Crippen LogP contribution is -2.36. The highest BCUT2D eigenvalue weighted by Gasteiger charge is 2.35. The van der Waals surface area contributed by atoms with Crippen LogP contribution in [0.3, 0.4) is 0 Å². The Morgan fingerprint density at radius 3 is 2.23 bits per heavy atom. The van der Waals surface area contributed by atoms with Crippen LogP contribution in [-0.4, -0.2) is 37.0 Å². The van der Waals surface area contributed by atoms with Crippen LogP contribution in [0.4, 0.5) is 5.69 Å². The van der Waals surface area contributed by atoms with Gasteiger partial charge < -0.3 is 15.2 Å². The van der Waals surface area contributed by atoms with E-state index in [1.807, 2.05) is 70.2 Å². The summed E-state index contributed by atoms with van der Waals surface area (Å²) in [5.41, 5.74) is 5.93. The fourth-order valence-electron chi connectivity index (χ4n) is 6.16. The molecule has 2 fully saturated rings. The second-order valence-electron chi connectivity index (χ2n) is 12.1. The van der Waals surface area contributed by atoms with E-state index in [2.05, 4.69) is 10.3 Å². The monoisotopic (exact) mass is 603 g/mol. The third kappa shape index (κ3) is 6.77. The lowest BCUT2D eigenvalue weighted by atomic mass is 9.95. The van der Waals surface area contributed by atoms with Gasteiger partial charge in [-0.15, -0.1) is 0 Å². The number of nitrogens with one attached hydrogen (secondary N) is 2. The minimum Gasteiger partial charge on any atom is -0.348 e. The van der Waals surface area contributed by atoms with Crippen molar-refractivity contribution in [1.82, 2.24) is 10.3 Å². The number of nitrogens with zero attached hydrogens (tertiary/aromatic N) is 1. The zero-order valence-electron chi connectivity index (χ0n) is 25.5. The molecule has 8 nitrogen and oxygen atoms in total. The minimum atomic E-state index is -3.14. The summed E-state index contributed by atoms with van der Waals surface area (Å²) in [5, 5.41) is 2.71. The van der Waals surface area contributed by atoms with Crippen molar-refractivity contribution in [1.29, 1.82) is 0 Å². The maximum Gasteiger partial charge on any atom is 0.253 e. The Balaban J connectivity index is 1.50. The fourth-order valence-corrected chi connectivity index (χ4v) is 7.90. The third-order valence-corrected chi connectivity index (χ3v) is 11.0. The van der Waals surface area contributed by atoms with Crippen molar-refractivity contribution in [3.63, 3.8) is 0 Å². The molecule has 5 rings (SSSR count). The van der Waals surface area contributed by atoms with E-state index in [-0.39, 0.29) is 40.8 Å². The van der Waals surface area contributed by atoms with Crippen LogP contribution in [0.2, 0.25) is 0 Å². The molecule has 2 amide bonds. The first-order valence-corrected chi connectivity index (χ1v) is 16.9. The Kier molecular flexibility index (Phi) is 8.92. The molecule has 2 N–H and O–H groups in total. The lowest BCUT2D eigenvalue weighted by Gasteiger charge is -2.28. The Morgan fingerprint density at radius 2 is 1.63 bits per heavy atom. The van der Waals surface area contributed by atoms with E-state index in [0.29, 0.717) is 28.9 Å². The molecule has 2 aromatic carbocycles. The Hall–Kier alpha value is -3.72. The average Bonchev–Trinajstić information content (AvgIpc) is 3.69. The van der Waals surface area contributed by atoms with E-state index >= 15 is 0 Å². The molecule has 0 atom stereocenters. The maximum atomic E-state index is 13.7. The van der Waals surface area contributed by atoms with Crippen LogP contribution in [0.25, 0.3) is 11.1 Å². The van der Waals surface area contributed by atoms with Gasteiger partial charge in [0.1, 0.15) is 0 Å². The van der Waals surface area contributed by atoms with Crippen LogP contribution >= 0.6 is 0 Å². The third-order valence-electron chi connectivity index (χ3n) is 8.81. The summed E-state index contributed by atoms with van der Waals surface area (Å²) < 4.78 is 25.0. The molecule has 2 aliphatic carbocycles. The first kappa shape index (κ1) is 30.7. The zero-order chi connectivity index (χ0) is 30.9. The number of H-pyrrole nitrogens is 1. The molecular formula is C34H41N3O5S. The maximum absolute atomic E-state index is 13.7. The lowest BCUT2D eigenvalue weighted by molar-refractivity contribution is -0.122. The van der Waals surface area contributed by atoms with Gasteiger partial charge in [-0.1, -0.05) is 37.1 Å². The van der Waals surface area contributed by atoms with E-state index in [4.69, 9.17) is 0 Å². The summed E-state index contributed by atoms with van der Waals surface area (Å²) in [7, 11) is -3.14. The normalized spacial score (nSPS) is 15.4. The molecule has 228 valence electrons. The van der Waals surface area contributed by atoms with E-state index in [0.717, 1.165) is 66.5 Å². The van der Waals surface area contributed by atoms with Crippen molar-refractivity contribution in [2.24, 2.45) is 5.92 Å². The molecule has 9 heteroatoms. The largest absolute Gasteiger partial charge is 0.348 e. The van der Waals surface area contributed by atoms with Crippen molar-refractivity contribution < 1.29 is 18.0 Å². The number of sulfone groups is 1. The molecule has 1 aromatic heterocycles. The number of hydrogen-bond donors (Lipinski definition) is 2. The van der Waals surface area contributed by atoms with Crippen LogP contribution in [0, 0.1) is 26.7 Å². The number of anilines is 1. The summed E-state index contributed by atoms with van der Waals surface area (Å²) in [4.78, 5) is 44.5. The van der Waals surface area contributed by atoms with E-state index in [1.54, 1.807) is 4.90 Å². The van der Waals surface area contributed by atoms with Crippen LogP contribution in [0.15, 0.2) is 47.3 Å². The minimum absolute atomic E-state index is 0.0157. The zero-order valence-corrected chi connectivity index (χ0v) is 26.3. The number of aromatic amines is 1. The Labute approximate surface area is 253 Å². The number of carbonyl (C=O) groups excluding carboxylic acids is 2. The second-order valence-corrected chi connectivity index (χ2v) is 14.3. The predicted octanol–water partition coefficient (Wildman–Crippen LogP) is 5.52. The van der Waals surface area contributed by atoms with Gasteiger partial charge >= 0.3 is 0 Å². The van der Waals surface area contributed by atoms with Gasteiger partial charge in [0.15, 0.2) is 9.84 Å². The number of benzene rings is 2. The van der Waals surface area contributed by atoms with E-state index < -0.39 is 9.84 Å². The van der Waals surface area contributed by atoms with Crippen molar-refractivity contribution in [2.45, 2.75) is 83.8 Å². The van der Waals surface area contributed by atoms with Crippen LogP contribution in [0.5, 0.6) is 0 Å². The predicted molar refractivity (Wildman–Crippen MR) is 170 cm³/mol. The summed E-state index contributed by atoms with van der Waals surface area (Å²) in [6, 6.07) is 13.0. The summed E-state index contributed by atoms with van der Waals surface area (Å²) in [5.74, 6) is -0.267. The topological polar surface area (TPSA) is 116 Å². The second kappa shape index (κ2) is 12.5. The van der Waals surface area contributed by atoms with Gasteiger partial charge in [-0.3, -0.25) is 14.4 Å². The molecular weight excluding hydrogens is 562 g/mol. The molecule has 0 spiro atoms. The van der Waals surface area contributed by atoms with Gasteiger partial charge in [-0.25, -0.2) is 8.42 Å². The van der Waals surface area contributed by atoms with Crippen LogP contribution in [0.1, 0.15) is 83.8 Å². The highest BCUT2D eigenvalue weighted by molar-refractivity contribution is 7.91. The van der Waals surface area contributed by atoms with Gasteiger partial charge in [-0.05, 0) is 99.4 Å². The van der Waals surface area contributed by atoms with Gasteiger partial charge in [0.25, 0.3) is 11.5 Å². The molecule has 2 aliphatic rings. The SMILES string of the molecule is CCN(C(=O)C1CCCC1)c1cc(-c2ccc(CS(=O)(=O)C3CC3)cc2)cc(C(=O)NCc2c(C)cc(C)[nH]c2=O)c1C. The number of amides is 2. The highest BCUT2D eigenvalue weighted by atomic mass is 32.2. The highest BCUT2D eigenvalue weighted by Crippen LogP contribution is 2.35. The first-order chi connectivity index (χ1) is 20.5. The van der Waals surface area contributed by atoms with Gasteiger partial charge in [0.2, 0.25) is 5.91 Å². The Bertz CT molecular complexity index is 1700. The molecule has 0 unspecified atom stereocenters. The fraction of sp³-hybridized carbons (Fsp3) is 0.441. The van der Waals surface area contributed by atoms with Gasteiger partial charge in [0, 0.05) is 41.5 Å². The number of rotatable bonds is 10. The Morgan fingerprint density at radius 1 is 0.953 bits per heavy atom. The standard InChI is InChI=1S/C34H41N3O5S/c1-5-37(34(40)26-8-6-7-9-26)31-18-27(25-12-10-24(11-13-25)20-43(41,42)28-14-15-28)17-29(23(31)4)32(38)35-19-30-21(2)16-22(3)36-33(30)39/h10-13,16-18,26,28H,5-9,14-15,19-20H2,1-4H3,(H,35,38)(H,36,39). The molecule has 2 saturated carbocycles. The number of aryl methyl sites for hydroxylation is 2. The van der Waals surface area contributed by atoms with Crippen molar-refractivity contribution in [3.8, 4) is 11.1 Å². The number of aromatic nitrogens is 1. The van der Waals surface area contributed by atoms with Crippen LogP contribution < -0.4 is 15.8 Å². The number of hydrogen-bond acceptors (Lipinski definition) is 5. The average molecular weight is 604 g/mol. The van der Waals surface area contributed by atoms with Crippen molar-refractivity contribution >= 4 is 27.3 Å². The van der Waals surface area contributed by atoms with E-state index in [9.17, 15) is 22.8 Å². The number of pyridine rings is 1. The summed E-state index contributed by atoms with van der Waals surface area (Å²) >= 11 is 0. The number of carbonyl (C=O) groups is 2. The summed E-state index contributed by atoms with van der Waals surface area (Å²) in [6.07, 6.45) is 5.31.